The van der Waals surface area contributed by atoms with Crippen LogP contribution in [0, 0.1) is 5.82 Å². The minimum Gasteiger partial charge on any atom is -0.506 e. The van der Waals surface area contributed by atoms with Crippen LogP contribution in [0.1, 0.15) is 18.5 Å². The van der Waals surface area contributed by atoms with Crippen molar-refractivity contribution in [2.24, 2.45) is 0 Å². The molecule has 1 fully saturated rings. The molecule has 1 N–H and O–H groups in total. The standard InChI is InChI=1S/C18H21FN2O/c1-14(15-6-8-16(19)9-7-15)20-10-12-21(13-11-20)17-4-2-3-5-18(17)22/h2-9,14,22H,10-13H2,1H3/t14-/m0/s1. The lowest BCUT2D eigenvalue weighted by atomic mass is 10.1. The van der Waals surface area contributed by atoms with Crippen molar-refractivity contribution in [3.8, 4) is 5.75 Å². The van der Waals surface area contributed by atoms with Crippen molar-refractivity contribution in [3.05, 3.63) is 59.9 Å². The minimum absolute atomic E-state index is 0.194. The quantitative estimate of drug-likeness (QED) is 0.941. The summed E-state index contributed by atoms with van der Waals surface area (Å²) in [5.41, 5.74) is 2.04. The molecule has 116 valence electrons. The summed E-state index contributed by atoms with van der Waals surface area (Å²) in [7, 11) is 0. The summed E-state index contributed by atoms with van der Waals surface area (Å²) < 4.78 is 13.0. The third kappa shape index (κ3) is 3.07. The number of aromatic hydroxyl groups is 1. The van der Waals surface area contributed by atoms with Crippen molar-refractivity contribution >= 4 is 5.69 Å². The molecule has 4 heteroatoms. The maximum Gasteiger partial charge on any atom is 0.138 e. The Balaban J connectivity index is 1.64. The number of anilines is 1. The van der Waals surface area contributed by atoms with Gasteiger partial charge >= 0.3 is 0 Å². The fourth-order valence-electron chi connectivity index (χ4n) is 3.03. The van der Waals surface area contributed by atoms with E-state index in [1.807, 2.05) is 30.3 Å². The summed E-state index contributed by atoms with van der Waals surface area (Å²) in [6.45, 7) is 5.76. The highest BCUT2D eigenvalue weighted by Crippen LogP contribution is 2.29. The molecule has 0 bridgehead atoms. The maximum atomic E-state index is 13.0. The molecule has 1 saturated heterocycles. The summed E-state index contributed by atoms with van der Waals surface area (Å²) in [6.07, 6.45) is 0. The summed E-state index contributed by atoms with van der Waals surface area (Å²) in [6, 6.07) is 14.5. The van der Waals surface area contributed by atoms with E-state index >= 15 is 0 Å². The number of hydrogen-bond acceptors (Lipinski definition) is 3. The van der Waals surface area contributed by atoms with E-state index in [2.05, 4.69) is 16.7 Å². The summed E-state index contributed by atoms with van der Waals surface area (Å²) >= 11 is 0. The lowest BCUT2D eigenvalue weighted by Crippen LogP contribution is -2.47. The molecule has 1 heterocycles. The first-order chi connectivity index (χ1) is 10.6. The third-order valence-electron chi connectivity index (χ3n) is 4.44. The second kappa shape index (κ2) is 6.36. The van der Waals surface area contributed by atoms with Crippen LogP contribution in [-0.4, -0.2) is 36.2 Å². The molecule has 0 unspecified atom stereocenters. The highest BCUT2D eigenvalue weighted by Gasteiger charge is 2.23. The number of halogens is 1. The molecule has 1 aliphatic rings. The SMILES string of the molecule is C[C@@H](c1ccc(F)cc1)N1CCN(c2ccccc2O)CC1. The van der Waals surface area contributed by atoms with E-state index in [1.165, 1.54) is 12.1 Å². The molecule has 0 radical (unpaired) electrons. The Labute approximate surface area is 130 Å². The zero-order valence-electron chi connectivity index (χ0n) is 12.7. The lowest BCUT2D eigenvalue weighted by molar-refractivity contribution is 0.198. The topological polar surface area (TPSA) is 26.7 Å². The van der Waals surface area contributed by atoms with Gasteiger partial charge in [-0.25, -0.2) is 4.39 Å². The molecular formula is C18H21FN2O. The van der Waals surface area contributed by atoms with Crippen molar-refractivity contribution in [1.82, 2.24) is 4.90 Å². The molecule has 2 aromatic rings. The second-order valence-electron chi connectivity index (χ2n) is 5.74. The molecule has 1 aliphatic heterocycles. The van der Waals surface area contributed by atoms with Crippen LogP contribution in [0.5, 0.6) is 5.75 Å². The highest BCUT2D eigenvalue weighted by atomic mass is 19.1. The molecule has 0 aromatic heterocycles. The van der Waals surface area contributed by atoms with Crippen LogP contribution >= 0.6 is 0 Å². The Morgan fingerprint density at radius 1 is 0.955 bits per heavy atom. The number of hydrogen-bond donors (Lipinski definition) is 1. The van der Waals surface area contributed by atoms with Gasteiger partial charge in [0.15, 0.2) is 0 Å². The molecule has 0 aliphatic carbocycles. The van der Waals surface area contributed by atoms with Crippen LogP contribution in [0.25, 0.3) is 0 Å². The second-order valence-corrected chi connectivity index (χ2v) is 5.74. The van der Waals surface area contributed by atoms with Gasteiger partial charge in [-0.15, -0.1) is 0 Å². The molecule has 1 atom stereocenters. The highest BCUT2D eigenvalue weighted by molar-refractivity contribution is 5.57. The molecule has 3 rings (SSSR count). The van der Waals surface area contributed by atoms with Crippen LogP contribution in [0.4, 0.5) is 10.1 Å². The van der Waals surface area contributed by atoms with Gasteiger partial charge in [0.25, 0.3) is 0 Å². The van der Waals surface area contributed by atoms with E-state index in [-0.39, 0.29) is 11.9 Å². The van der Waals surface area contributed by atoms with Gasteiger partial charge in [0.1, 0.15) is 11.6 Å². The van der Waals surface area contributed by atoms with E-state index in [4.69, 9.17) is 0 Å². The average molecular weight is 300 g/mol. The molecule has 0 amide bonds. The first kappa shape index (κ1) is 14.9. The van der Waals surface area contributed by atoms with Gasteiger partial charge in [0.2, 0.25) is 0 Å². The lowest BCUT2D eigenvalue weighted by Gasteiger charge is -2.39. The van der Waals surface area contributed by atoms with Gasteiger partial charge < -0.3 is 10.0 Å². The van der Waals surface area contributed by atoms with Crippen LogP contribution in [0.2, 0.25) is 0 Å². The normalized spacial score (nSPS) is 17.5. The van der Waals surface area contributed by atoms with Gasteiger partial charge in [0.05, 0.1) is 5.69 Å². The van der Waals surface area contributed by atoms with Gasteiger partial charge in [-0.1, -0.05) is 24.3 Å². The molecule has 0 saturated carbocycles. The van der Waals surface area contributed by atoms with Crippen molar-refractivity contribution < 1.29 is 9.50 Å². The number of rotatable bonds is 3. The summed E-state index contributed by atoms with van der Waals surface area (Å²) in [5.74, 6) is 0.142. The Morgan fingerprint density at radius 3 is 2.23 bits per heavy atom. The van der Waals surface area contributed by atoms with Gasteiger partial charge in [0, 0.05) is 32.2 Å². The Kier molecular flexibility index (Phi) is 4.29. The van der Waals surface area contributed by atoms with Crippen molar-refractivity contribution in [1.29, 1.82) is 0 Å². The molecule has 0 spiro atoms. The van der Waals surface area contributed by atoms with Crippen LogP contribution < -0.4 is 4.90 Å². The molecule has 3 nitrogen and oxygen atoms in total. The first-order valence-electron chi connectivity index (χ1n) is 7.67. The van der Waals surface area contributed by atoms with E-state index in [9.17, 15) is 9.50 Å². The largest absolute Gasteiger partial charge is 0.506 e. The number of benzene rings is 2. The van der Waals surface area contributed by atoms with Crippen molar-refractivity contribution in [2.45, 2.75) is 13.0 Å². The fourth-order valence-corrected chi connectivity index (χ4v) is 3.03. The van der Waals surface area contributed by atoms with E-state index in [1.54, 1.807) is 6.07 Å². The van der Waals surface area contributed by atoms with E-state index < -0.39 is 0 Å². The number of phenolic OH excluding ortho intramolecular Hbond substituents is 1. The number of piperazine rings is 1. The number of para-hydroxylation sites is 2. The minimum atomic E-state index is -0.194. The van der Waals surface area contributed by atoms with E-state index in [0.717, 1.165) is 37.4 Å². The molecular weight excluding hydrogens is 279 g/mol. The van der Waals surface area contributed by atoms with Crippen molar-refractivity contribution in [3.63, 3.8) is 0 Å². The average Bonchev–Trinajstić information content (AvgIpc) is 2.56. The van der Waals surface area contributed by atoms with Gasteiger partial charge in [-0.3, -0.25) is 4.90 Å². The number of nitrogens with zero attached hydrogens (tertiary/aromatic N) is 2. The Bertz CT molecular complexity index is 621. The van der Waals surface area contributed by atoms with Gasteiger partial charge in [-0.05, 0) is 36.8 Å². The first-order valence-corrected chi connectivity index (χ1v) is 7.67. The monoisotopic (exact) mass is 300 g/mol. The van der Waals surface area contributed by atoms with Crippen LogP contribution in [-0.2, 0) is 0 Å². The molecule has 2 aromatic carbocycles. The van der Waals surface area contributed by atoms with E-state index in [0.29, 0.717) is 5.75 Å². The Morgan fingerprint density at radius 2 is 1.59 bits per heavy atom. The fraction of sp³-hybridized carbons (Fsp3) is 0.333. The Hall–Kier alpha value is -2.07. The zero-order chi connectivity index (χ0) is 15.5. The van der Waals surface area contributed by atoms with Crippen molar-refractivity contribution in [2.75, 3.05) is 31.1 Å². The molecule has 22 heavy (non-hydrogen) atoms. The van der Waals surface area contributed by atoms with Gasteiger partial charge in [-0.2, -0.15) is 0 Å². The maximum absolute atomic E-state index is 13.0. The van der Waals surface area contributed by atoms with Crippen LogP contribution in [0.3, 0.4) is 0 Å². The smallest absolute Gasteiger partial charge is 0.138 e. The zero-order valence-corrected chi connectivity index (χ0v) is 12.7. The van der Waals surface area contributed by atoms with Crippen LogP contribution in [0.15, 0.2) is 48.5 Å². The predicted molar refractivity (Wildman–Crippen MR) is 86.7 cm³/mol. The number of phenols is 1. The predicted octanol–water partition coefficient (Wildman–Crippen LogP) is 3.41. The summed E-state index contributed by atoms with van der Waals surface area (Å²) in [4.78, 5) is 4.60. The summed E-state index contributed by atoms with van der Waals surface area (Å²) in [5, 5.41) is 9.95. The third-order valence-corrected chi connectivity index (χ3v) is 4.44.